The lowest BCUT2D eigenvalue weighted by Crippen LogP contribution is -2.14. The van der Waals surface area contributed by atoms with Crippen molar-refractivity contribution in [2.24, 2.45) is 0 Å². The molecule has 3 rings (SSSR count). The molecule has 3 aromatic carbocycles. The number of ether oxygens (including phenoxy) is 1. The molecule has 1 amide bonds. The van der Waals surface area contributed by atoms with Gasteiger partial charge in [0.2, 0.25) is 0 Å². The van der Waals surface area contributed by atoms with E-state index in [0.29, 0.717) is 0 Å². The molecule has 11 heteroatoms. The van der Waals surface area contributed by atoms with Crippen molar-refractivity contribution in [1.29, 1.82) is 0 Å². The first-order valence-electron chi connectivity index (χ1n) is 8.72. The van der Waals surface area contributed by atoms with Crippen molar-refractivity contribution in [3.05, 3.63) is 88.2 Å². The van der Waals surface area contributed by atoms with Gasteiger partial charge in [0.05, 0.1) is 28.7 Å². The maximum atomic E-state index is 13.0. The zero-order chi connectivity index (χ0) is 22.6. The summed E-state index contributed by atoms with van der Waals surface area (Å²) in [4.78, 5) is 22.6. The molecule has 0 aromatic heterocycles. The van der Waals surface area contributed by atoms with Crippen LogP contribution < -0.4 is 14.8 Å². The summed E-state index contributed by atoms with van der Waals surface area (Å²) in [7, 11) is -2.60. The van der Waals surface area contributed by atoms with Crippen molar-refractivity contribution in [3.8, 4) is 5.75 Å². The molecule has 0 unspecified atom stereocenters. The first kappa shape index (κ1) is 21.7. The van der Waals surface area contributed by atoms with Gasteiger partial charge in [0.1, 0.15) is 11.6 Å². The van der Waals surface area contributed by atoms with Crippen LogP contribution in [0.2, 0.25) is 0 Å². The second-order valence-electron chi connectivity index (χ2n) is 6.23. The number of nitrogens with zero attached hydrogens (tertiary/aromatic N) is 1. The molecule has 0 fully saturated rings. The molecule has 0 aliphatic heterocycles. The van der Waals surface area contributed by atoms with E-state index in [2.05, 4.69) is 10.0 Å². The number of halogens is 1. The van der Waals surface area contributed by atoms with Crippen molar-refractivity contribution in [2.45, 2.75) is 4.90 Å². The Hall–Kier alpha value is -3.99. The number of nitro groups is 1. The van der Waals surface area contributed by atoms with Crippen LogP contribution in [-0.2, 0) is 10.0 Å². The summed E-state index contributed by atoms with van der Waals surface area (Å²) in [5.41, 5.74) is 0.464. The topological polar surface area (TPSA) is 128 Å². The molecule has 0 heterocycles. The number of benzene rings is 3. The number of nitrogens with one attached hydrogen (secondary N) is 2. The van der Waals surface area contributed by atoms with E-state index in [4.69, 9.17) is 4.74 Å². The van der Waals surface area contributed by atoms with Gasteiger partial charge < -0.3 is 10.1 Å². The maximum absolute atomic E-state index is 13.0. The highest BCUT2D eigenvalue weighted by Crippen LogP contribution is 2.29. The molecule has 0 radical (unpaired) electrons. The van der Waals surface area contributed by atoms with E-state index in [1.807, 2.05) is 0 Å². The van der Waals surface area contributed by atoms with Crippen LogP contribution in [0, 0.1) is 15.9 Å². The van der Waals surface area contributed by atoms with Gasteiger partial charge in [-0.2, -0.15) is 0 Å². The second kappa shape index (κ2) is 8.79. The lowest BCUT2D eigenvalue weighted by Gasteiger charge is -2.11. The number of carbonyl (C=O) groups is 1. The Morgan fingerprint density at radius 2 is 1.68 bits per heavy atom. The fraction of sp³-hybridized carbons (Fsp3) is 0.0500. The molecule has 0 aliphatic rings. The number of hydrogen-bond acceptors (Lipinski definition) is 6. The Morgan fingerprint density at radius 3 is 2.26 bits per heavy atom. The van der Waals surface area contributed by atoms with Crippen molar-refractivity contribution >= 4 is 33.0 Å². The van der Waals surface area contributed by atoms with Gasteiger partial charge in [-0.15, -0.1) is 0 Å². The number of methoxy groups -OCH3 is 1. The summed E-state index contributed by atoms with van der Waals surface area (Å²) in [6.45, 7) is 0. The van der Waals surface area contributed by atoms with Crippen molar-refractivity contribution in [1.82, 2.24) is 0 Å². The monoisotopic (exact) mass is 445 g/mol. The predicted molar refractivity (Wildman–Crippen MR) is 111 cm³/mol. The van der Waals surface area contributed by atoms with Gasteiger partial charge in [-0.1, -0.05) is 0 Å². The summed E-state index contributed by atoms with van der Waals surface area (Å²) in [5, 5.41) is 13.4. The number of anilines is 2. The number of rotatable bonds is 7. The van der Waals surface area contributed by atoms with Gasteiger partial charge in [-0.25, -0.2) is 12.8 Å². The molecule has 0 bridgehead atoms. The average Bonchev–Trinajstić information content (AvgIpc) is 2.74. The molecule has 0 atom stereocenters. The summed E-state index contributed by atoms with van der Waals surface area (Å²) in [5.74, 6) is -0.967. The van der Waals surface area contributed by atoms with Crippen molar-refractivity contribution in [3.63, 3.8) is 0 Å². The number of amides is 1. The Kier molecular flexibility index (Phi) is 6.16. The smallest absolute Gasteiger partial charge is 0.273 e. The van der Waals surface area contributed by atoms with Crippen molar-refractivity contribution in [2.75, 3.05) is 17.1 Å². The van der Waals surface area contributed by atoms with E-state index in [0.717, 1.165) is 24.3 Å². The number of nitro benzene ring substituents is 1. The predicted octanol–water partition coefficient (Wildman–Crippen LogP) is 3.80. The van der Waals surface area contributed by atoms with Crippen LogP contribution >= 0.6 is 0 Å². The highest BCUT2D eigenvalue weighted by molar-refractivity contribution is 7.92. The van der Waals surface area contributed by atoms with Gasteiger partial charge in [-0.05, 0) is 54.6 Å². The molecule has 0 aliphatic carbocycles. The van der Waals surface area contributed by atoms with Gasteiger partial charge >= 0.3 is 0 Å². The minimum atomic E-state index is -3.92. The van der Waals surface area contributed by atoms with E-state index in [1.165, 1.54) is 49.6 Å². The van der Waals surface area contributed by atoms with E-state index in [1.54, 1.807) is 0 Å². The number of carbonyl (C=O) groups excluding carboxylic acids is 1. The van der Waals surface area contributed by atoms with E-state index in [-0.39, 0.29) is 33.3 Å². The largest absolute Gasteiger partial charge is 0.494 e. The van der Waals surface area contributed by atoms with E-state index in [9.17, 15) is 27.7 Å². The summed E-state index contributed by atoms with van der Waals surface area (Å²) in [6, 6.07) is 13.7. The van der Waals surface area contributed by atoms with Crippen LogP contribution in [0.15, 0.2) is 71.6 Å². The molecule has 31 heavy (non-hydrogen) atoms. The Balaban J connectivity index is 1.73. The summed E-state index contributed by atoms with van der Waals surface area (Å²) >= 11 is 0. The highest BCUT2D eigenvalue weighted by Gasteiger charge is 2.16. The van der Waals surface area contributed by atoms with Gasteiger partial charge in [0, 0.05) is 17.3 Å². The lowest BCUT2D eigenvalue weighted by molar-refractivity contribution is -0.384. The third-order valence-electron chi connectivity index (χ3n) is 4.17. The number of sulfonamides is 1. The zero-order valence-corrected chi connectivity index (χ0v) is 16.9. The molecule has 0 spiro atoms. The van der Waals surface area contributed by atoms with Gasteiger partial charge in [-0.3, -0.25) is 19.6 Å². The van der Waals surface area contributed by atoms with Crippen LogP contribution in [0.5, 0.6) is 5.75 Å². The standard InChI is InChI=1S/C20H16FN3O6S/c1-30-19-12-16(24(26)27)8-11-18(19)22-20(25)13-2-6-15(7-3-13)23-31(28,29)17-9-4-14(21)5-10-17/h2-12,23H,1H3,(H,22,25). The maximum Gasteiger partial charge on any atom is 0.273 e. The fourth-order valence-corrected chi connectivity index (χ4v) is 3.67. The third-order valence-corrected chi connectivity index (χ3v) is 5.56. The minimum Gasteiger partial charge on any atom is -0.494 e. The fourth-order valence-electron chi connectivity index (χ4n) is 2.61. The molecule has 3 aromatic rings. The summed E-state index contributed by atoms with van der Waals surface area (Å²) in [6.07, 6.45) is 0. The second-order valence-corrected chi connectivity index (χ2v) is 7.91. The molecule has 2 N–H and O–H groups in total. The average molecular weight is 445 g/mol. The van der Waals surface area contributed by atoms with E-state index >= 15 is 0 Å². The quantitative estimate of drug-likeness (QED) is 0.421. The van der Waals surface area contributed by atoms with Crippen LogP contribution in [-0.4, -0.2) is 26.4 Å². The molecular formula is C20H16FN3O6S. The minimum absolute atomic E-state index is 0.110. The number of non-ortho nitro benzene ring substituents is 1. The van der Waals surface area contributed by atoms with Crippen LogP contribution in [0.1, 0.15) is 10.4 Å². The molecule has 160 valence electrons. The van der Waals surface area contributed by atoms with Gasteiger partial charge in [0.25, 0.3) is 21.6 Å². The first-order chi connectivity index (χ1) is 14.7. The normalized spacial score (nSPS) is 10.9. The lowest BCUT2D eigenvalue weighted by atomic mass is 10.2. The molecule has 0 saturated carbocycles. The van der Waals surface area contributed by atoms with Gasteiger partial charge in [0.15, 0.2) is 0 Å². The molecule has 0 saturated heterocycles. The summed E-state index contributed by atoms with van der Waals surface area (Å²) < 4.78 is 45.1. The highest BCUT2D eigenvalue weighted by atomic mass is 32.2. The number of hydrogen-bond donors (Lipinski definition) is 2. The van der Waals surface area contributed by atoms with Crippen LogP contribution in [0.25, 0.3) is 0 Å². The Morgan fingerprint density at radius 1 is 1.03 bits per heavy atom. The Bertz CT molecular complexity index is 1230. The molecule has 9 nitrogen and oxygen atoms in total. The third kappa shape index (κ3) is 5.14. The Labute approximate surface area is 176 Å². The molecular weight excluding hydrogens is 429 g/mol. The first-order valence-corrected chi connectivity index (χ1v) is 10.2. The van der Waals surface area contributed by atoms with Crippen LogP contribution in [0.3, 0.4) is 0 Å². The van der Waals surface area contributed by atoms with Crippen LogP contribution in [0.4, 0.5) is 21.5 Å². The zero-order valence-electron chi connectivity index (χ0n) is 16.0. The SMILES string of the molecule is COc1cc([N+](=O)[O-])ccc1NC(=O)c1ccc(NS(=O)(=O)c2ccc(F)cc2)cc1. The van der Waals surface area contributed by atoms with E-state index < -0.39 is 26.7 Å². The van der Waals surface area contributed by atoms with Crippen molar-refractivity contribution < 1.29 is 27.3 Å².